The van der Waals surface area contributed by atoms with E-state index in [-0.39, 0.29) is 11.8 Å². The normalized spacial score (nSPS) is 19.6. The lowest BCUT2D eigenvalue weighted by molar-refractivity contribution is -0.113. The smallest absolute Gasteiger partial charge is 0.278 e. The predicted octanol–water partition coefficient (Wildman–Crippen LogP) is 0.728. The summed E-state index contributed by atoms with van der Waals surface area (Å²) in [5.41, 5.74) is 3.73. The van der Waals surface area contributed by atoms with Gasteiger partial charge in [0.25, 0.3) is 5.91 Å². The van der Waals surface area contributed by atoms with Crippen molar-refractivity contribution in [2.75, 3.05) is 13.2 Å². The molecule has 2 aliphatic heterocycles. The molecule has 0 bridgehead atoms. The zero-order chi connectivity index (χ0) is 17.1. The molecule has 0 unspecified atom stereocenters. The molecule has 24 heavy (non-hydrogen) atoms. The molecule has 7 heteroatoms. The number of carbonyl (C=O) groups excluding carboxylic acids is 1. The van der Waals surface area contributed by atoms with Crippen LogP contribution in [0.25, 0.3) is 0 Å². The molecule has 0 aliphatic carbocycles. The van der Waals surface area contributed by atoms with Gasteiger partial charge in [-0.15, -0.1) is 0 Å². The number of nitrogens with zero attached hydrogens (tertiary/aromatic N) is 1. The molecule has 1 saturated heterocycles. The van der Waals surface area contributed by atoms with E-state index >= 15 is 0 Å². The second-order valence-corrected chi connectivity index (χ2v) is 5.99. The van der Waals surface area contributed by atoms with Crippen molar-refractivity contribution < 1.29 is 9.53 Å². The van der Waals surface area contributed by atoms with Gasteiger partial charge in [0.15, 0.2) is 0 Å². The van der Waals surface area contributed by atoms with Crippen molar-refractivity contribution >= 4 is 17.6 Å². The van der Waals surface area contributed by atoms with E-state index in [2.05, 4.69) is 46.9 Å². The van der Waals surface area contributed by atoms with E-state index in [0.717, 1.165) is 5.56 Å². The van der Waals surface area contributed by atoms with Crippen molar-refractivity contribution in [3.8, 4) is 0 Å². The van der Waals surface area contributed by atoms with Crippen LogP contribution in [0.4, 0.5) is 0 Å². The standard InChI is InChI=1S/C17H21N5O2/c1-10-3-4-12(5-11(10)2)6-20-17-21-14(15(18)16(23)22-17)7-19-13-8-24-9-13/h3-5,7,13,18-19H,6,8-9H2,1-2H3,(H2,20,21,22,23)/b14-7+,18-15?. The Kier molecular flexibility index (Phi) is 4.61. The molecular weight excluding hydrogens is 306 g/mol. The van der Waals surface area contributed by atoms with Crippen LogP contribution in [0, 0.1) is 19.3 Å². The maximum atomic E-state index is 11.9. The third-order valence-electron chi connectivity index (χ3n) is 4.07. The molecule has 2 heterocycles. The highest BCUT2D eigenvalue weighted by atomic mass is 16.5. The molecule has 0 aromatic heterocycles. The summed E-state index contributed by atoms with van der Waals surface area (Å²) in [4.78, 5) is 16.2. The minimum Gasteiger partial charge on any atom is -0.382 e. The zero-order valence-electron chi connectivity index (χ0n) is 13.8. The van der Waals surface area contributed by atoms with Crippen LogP contribution in [0.1, 0.15) is 16.7 Å². The summed E-state index contributed by atoms with van der Waals surface area (Å²) < 4.78 is 5.08. The number of amides is 1. The Morgan fingerprint density at radius 2 is 2.17 bits per heavy atom. The maximum absolute atomic E-state index is 11.9. The molecule has 126 valence electrons. The molecule has 0 saturated carbocycles. The van der Waals surface area contributed by atoms with Crippen LogP contribution in [0.15, 0.2) is 35.1 Å². The number of aliphatic imine (C=N–C) groups is 1. The lowest BCUT2D eigenvalue weighted by Gasteiger charge is -2.26. The van der Waals surface area contributed by atoms with E-state index in [9.17, 15) is 4.79 Å². The highest BCUT2D eigenvalue weighted by Crippen LogP contribution is 2.10. The van der Waals surface area contributed by atoms with Crippen LogP contribution >= 0.6 is 0 Å². The first-order chi connectivity index (χ1) is 11.5. The van der Waals surface area contributed by atoms with Crippen molar-refractivity contribution in [2.24, 2.45) is 4.99 Å². The van der Waals surface area contributed by atoms with Gasteiger partial charge in [-0.3, -0.25) is 15.5 Å². The first-order valence-electron chi connectivity index (χ1n) is 7.86. The number of benzene rings is 1. The summed E-state index contributed by atoms with van der Waals surface area (Å²) >= 11 is 0. The predicted molar refractivity (Wildman–Crippen MR) is 91.9 cm³/mol. The van der Waals surface area contributed by atoms with Crippen molar-refractivity contribution in [3.63, 3.8) is 0 Å². The SMILES string of the molecule is Cc1ccc(CNC2=N/C(=C/NC3COC3)C(=N)C(=O)N2)cc1C. The molecule has 2 aliphatic rings. The summed E-state index contributed by atoms with van der Waals surface area (Å²) in [6.07, 6.45) is 1.60. The van der Waals surface area contributed by atoms with Gasteiger partial charge in [0.05, 0.1) is 19.3 Å². The van der Waals surface area contributed by atoms with Gasteiger partial charge in [0.2, 0.25) is 5.96 Å². The first-order valence-corrected chi connectivity index (χ1v) is 7.86. The lowest BCUT2D eigenvalue weighted by atomic mass is 10.1. The molecule has 7 nitrogen and oxygen atoms in total. The third-order valence-corrected chi connectivity index (χ3v) is 4.07. The molecular formula is C17H21N5O2. The highest BCUT2D eigenvalue weighted by Gasteiger charge is 2.23. The van der Waals surface area contributed by atoms with Gasteiger partial charge in [-0.25, -0.2) is 4.99 Å². The second kappa shape index (κ2) is 6.84. The molecule has 3 rings (SSSR count). The largest absolute Gasteiger partial charge is 0.382 e. The van der Waals surface area contributed by atoms with E-state index in [4.69, 9.17) is 10.1 Å². The summed E-state index contributed by atoms with van der Waals surface area (Å²) in [6, 6.07) is 6.43. The highest BCUT2D eigenvalue weighted by molar-refractivity contribution is 6.47. The van der Waals surface area contributed by atoms with Crippen LogP contribution in [0.5, 0.6) is 0 Å². The molecule has 0 atom stereocenters. The molecule has 1 amide bonds. The van der Waals surface area contributed by atoms with Gasteiger partial charge in [-0.05, 0) is 30.5 Å². The Bertz CT molecular complexity index is 734. The molecule has 1 aromatic carbocycles. The number of carbonyl (C=O) groups is 1. The van der Waals surface area contributed by atoms with Gasteiger partial charge < -0.3 is 15.4 Å². The van der Waals surface area contributed by atoms with E-state index in [0.29, 0.717) is 31.4 Å². The first kappa shape index (κ1) is 16.2. The average molecular weight is 327 g/mol. The number of aryl methyl sites for hydroxylation is 2. The number of rotatable bonds is 4. The van der Waals surface area contributed by atoms with Gasteiger partial charge in [0.1, 0.15) is 11.4 Å². The third kappa shape index (κ3) is 3.62. The Morgan fingerprint density at radius 1 is 1.38 bits per heavy atom. The molecule has 0 radical (unpaired) electrons. The molecule has 1 fully saturated rings. The topological polar surface area (TPSA) is 98.6 Å². The fourth-order valence-electron chi connectivity index (χ4n) is 2.31. The average Bonchev–Trinajstić information content (AvgIpc) is 2.51. The van der Waals surface area contributed by atoms with Crippen LogP contribution in [0.3, 0.4) is 0 Å². The number of guanidine groups is 1. The lowest BCUT2D eigenvalue weighted by Crippen LogP contribution is -2.48. The molecule has 4 N–H and O–H groups in total. The summed E-state index contributed by atoms with van der Waals surface area (Å²) in [7, 11) is 0. The van der Waals surface area contributed by atoms with E-state index in [1.165, 1.54) is 11.1 Å². The maximum Gasteiger partial charge on any atom is 0.278 e. The van der Waals surface area contributed by atoms with Gasteiger partial charge in [-0.1, -0.05) is 18.2 Å². The van der Waals surface area contributed by atoms with Crippen LogP contribution in [0.2, 0.25) is 0 Å². The fraction of sp³-hybridized carbons (Fsp3) is 0.353. The second-order valence-electron chi connectivity index (χ2n) is 5.99. The van der Waals surface area contributed by atoms with Crippen LogP contribution < -0.4 is 16.0 Å². The summed E-state index contributed by atoms with van der Waals surface area (Å²) in [5, 5.41) is 16.6. The van der Waals surface area contributed by atoms with Gasteiger partial charge >= 0.3 is 0 Å². The number of hydrogen-bond donors (Lipinski definition) is 4. The fourth-order valence-corrected chi connectivity index (χ4v) is 2.31. The van der Waals surface area contributed by atoms with Crippen molar-refractivity contribution in [1.82, 2.24) is 16.0 Å². The minimum atomic E-state index is -0.467. The Morgan fingerprint density at radius 3 is 2.83 bits per heavy atom. The van der Waals surface area contributed by atoms with Gasteiger partial charge in [-0.2, -0.15) is 0 Å². The Labute approximate surface area is 140 Å². The van der Waals surface area contributed by atoms with Crippen LogP contribution in [-0.2, 0) is 16.1 Å². The quantitative estimate of drug-likeness (QED) is 0.655. The number of ether oxygens (including phenoxy) is 1. The number of hydrogen-bond acceptors (Lipinski definition) is 6. The van der Waals surface area contributed by atoms with Crippen molar-refractivity contribution in [1.29, 1.82) is 5.41 Å². The van der Waals surface area contributed by atoms with E-state index < -0.39 is 5.91 Å². The van der Waals surface area contributed by atoms with E-state index in [1.807, 2.05) is 6.07 Å². The van der Waals surface area contributed by atoms with E-state index in [1.54, 1.807) is 6.20 Å². The Balaban J connectivity index is 1.67. The molecule has 1 aromatic rings. The van der Waals surface area contributed by atoms with Crippen LogP contribution in [-0.4, -0.2) is 36.8 Å². The number of nitrogens with one attached hydrogen (secondary N) is 4. The minimum absolute atomic E-state index is 0.153. The molecule has 0 spiro atoms. The Hall–Kier alpha value is -2.67. The zero-order valence-corrected chi connectivity index (χ0v) is 13.8. The monoisotopic (exact) mass is 327 g/mol. The summed E-state index contributed by atoms with van der Waals surface area (Å²) in [6.45, 7) is 5.94. The van der Waals surface area contributed by atoms with Crippen molar-refractivity contribution in [3.05, 3.63) is 46.8 Å². The summed E-state index contributed by atoms with van der Waals surface area (Å²) in [5.74, 6) is -0.113. The van der Waals surface area contributed by atoms with Crippen molar-refractivity contribution in [2.45, 2.75) is 26.4 Å². The van der Waals surface area contributed by atoms with Gasteiger partial charge in [0, 0.05) is 12.7 Å².